The molecule has 0 amide bonds. The summed E-state index contributed by atoms with van der Waals surface area (Å²) in [5, 5.41) is 14.7. The van der Waals surface area contributed by atoms with E-state index in [1.807, 2.05) is 6.92 Å². The maximum atomic E-state index is 13.1. The first-order valence-electron chi connectivity index (χ1n) is 9.54. The summed E-state index contributed by atoms with van der Waals surface area (Å²) in [4.78, 5) is 21.8. The van der Waals surface area contributed by atoms with Gasteiger partial charge in [0.05, 0.1) is 26.3 Å². The first kappa shape index (κ1) is 20.6. The van der Waals surface area contributed by atoms with E-state index in [0.29, 0.717) is 17.1 Å². The fraction of sp³-hybridized carbons (Fsp3) is 0.286. The molecule has 1 aliphatic carbocycles. The highest BCUT2D eigenvalue weighted by Gasteiger charge is 2.31. The third-order valence-corrected chi connectivity index (χ3v) is 8.13. The smallest absolute Gasteiger partial charge is 0.208 e. The third-order valence-electron chi connectivity index (χ3n) is 5.30. The molecule has 30 heavy (non-hydrogen) atoms. The second-order valence-corrected chi connectivity index (χ2v) is 10.3. The molecule has 0 unspecified atom stereocenters. The minimum Gasteiger partial charge on any atom is -0.393 e. The number of carbonyl (C=O) groups is 1. The van der Waals surface area contributed by atoms with Crippen molar-refractivity contribution in [3.63, 3.8) is 0 Å². The Hall–Kier alpha value is -2.62. The van der Waals surface area contributed by atoms with Gasteiger partial charge in [0.15, 0.2) is 0 Å². The van der Waals surface area contributed by atoms with Crippen LogP contribution >= 0.6 is 11.3 Å². The minimum atomic E-state index is -3.69. The zero-order valence-electron chi connectivity index (χ0n) is 16.2. The van der Waals surface area contributed by atoms with Gasteiger partial charge in [0, 0.05) is 17.6 Å². The molecule has 0 bridgehead atoms. The second kappa shape index (κ2) is 8.25. The molecule has 1 fully saturated rings. The van der Waals surface area contributed by atoms with E-state index in [-0.39, 0.29) is 39.2 Å². The molecular weight excluding hydrogens is 422 g/mol. The van der Waals surface area contributed by atoms with E-state index < -0.39 is 9.84 Å². The second-order valence-electron chi connectivity index (χ2n) is 7.43. The predicted octanol–water partition coefficient (Wildman–Crippen LogP) is 3.17. The molecule has 2 aromatic heterocycles. The van der Waals surface area contributed by atoms with Crippen molar-refractivity contribution in [2.75, 3.05) is 5.32 Å². The summed E-state index contributed by atoms with van der Waals surface area (Å²) in [5.74, 6) is 0.220. The number of nitrogens with zero attached hydrogens (tertiary/aromatic N) is 2. The van der Waals surface area contributed by atoms with Gasteiger partial charge in [-0.1, -0.05) is 25.1 Å². The summed E-state index contributed by atoms with van der Waals surface area (Å²) in [7, 11) is -3.69. The molecule has 1 saturated carbocycles. The first-order valence-corrected chi connectivity index (χ1v) is 11.9. The number of aromatic nitrogens is 2. The maximum absolute atomic E-state index is 13.1. The van der Waals surface area contributed by atoms with Crippen molar-refractivity contribution in [3.8, 4) is 0 Å². The molecule has 2 heterocycles. The Morgan fingerprint density at radius 2 is 1.97 bits per heavy atom. The molecule has 1 aromatic carbocycles. The van der Waals surface area contributed by atoms with Gasteiger partial charge in [-0.05, 0) is 37.0 Å². The average molecular weight is 444 g/mol. The van der Waals surface area contributed by atoms with E-state index in [2.05, 4.69) is 15.3 Å². The number of thiophene rings is 1. The number of carbonyl (C=O) groups excluding carboxylic acids is 1. The zero-order chi connectivity index (χ0) is 21.3. The number of nitrogens with one attached hydrogen (secondary N) is 1. The largest absolute Gasteiger partial charge is 0.393 e. The molecule has 3 atom stereocenters. The number of sulfone groups is 1. The summed E-state index contributed by atoms with van der Waals surface area (Å²) in [6, 6.07) is 9.52. The van der Waals surface area contributed by atoms with Crippen LogP contribution < -0.4 is 5.32 Å². The molecule has 0 saturated heterocycles. The molecular formula is C21H21N3O4S2. The van der Waals surface area contributed by atoms with E-state index in [9.17, 15) is 18.3 Å². The molecule has 9 heteroatoms. The standard InChI is InChI=1S/C21H21N3O4S2/c1-13-7-14(8-18(13)25)24-21-17(10-22-12-23-21)20(26)19-9-16(11-29-19)30(27,28)15-5-3-2-4-6-15/h2-6,9-14,18,25H,7-8H2,1H3,(H,22,23,24)/t13-,14-,18+/m1/s1. The lowest BCUT2D eigenvalue weighted by molar-refractivity contribution is 0.104. The predicted molar refractivity (Wildman–Crippen MR) is 113 cm³/mol. The molecule has 1 aliphatic rings. The van der Waals surface area contributed by atoms with Crippen LogP contribution in [0.15, 0.2) is 64.1 Å². The van der Waals surface area contributed by atoms with Crippen molar-refractivity contribution in [2.24, 2.45) is 5.92 Å². The number of aliphatic hydroxyl groups is 1. The van der Waals surface area contributed by atoms with E-state index in [0.717, 1.165) is 17.8 Å². The van der Waals surface area contributed by atoms with Crippen LogP contribution in [0.2, 0.25) is 0 Å². The monoisotopic (exact) mass is 443 g/mol. The number of benzene rings is 1. The van der Waals surface area contributed by atoms with Gasteiger partial charge in [-0.25, -0.2) is 18.4 Å². The minimum absolute atomic E-state index is 0.00815. The summed E-state index contributed by atoms with van der Waals surface area (Å²) in [5.41, 5.74) is 0.275. The van der Waals surface area contributed by atoms with Crippen LogP contribution in [0, 0.1) is 5.92 Å². The van der Waals surface area contributed by atoms with E-state index >= 15 is 0 Å². The normalized spacial score (nSPS) is 21.5. The van der Waals surface area contributed by atoms with Gasteiger partial charge in [0.25, 0.3) is 0 Å². The fourth-order valence-electron chi connectivity index (χ4n) is 3.60. The number of ketones is 1. The van der Waals surface area contributed by atoms with E-state index in [4.69, 9.17) is 0 Å². The number of anilines is 1. The van der Waals surface area contributed by atoms with Gasteiger partial charge in [-0.3, -0.25) is 4.79 Å². The van der Waals surface area contributed by atoms with Gasteiger partial charge < -0.3 is 10.4 Å². The Morgan fingerprint density at radius 1 is 1.20 bits per heavy atom. The van der Waals surface area contributed by atoms with Crippen LogP contribution in [0.1, 0.15) is 35.0 Å². The van der Waals surface area contributed by atoms with Crippen LogP contribution in [-0.2, 0) is 9.84 Å². The van der Waals surface area contributed by atoms with Crippen LogP contribution in [0.5, 0.6) is 0 Å². The third kappa shape index (κ3) is 4.00. The zero-order valence-corrected chi connectivity index (χ0v) is 17.9. The van der Waals surface area contributed by atoms with Crippen molar-refractivity contribution in [2.45, 2.75) is 41.7 Å². The number of aliphatic hydroxyl groups excluding tert-OH is 1. The number of rotatable bonds is 6. The van der Waals surface area contributed by atoms with Crippen LogP contribution in [-0.4, -0.2) is 41.4 Å². The first-order chi connectivity index (χ1) is 14.4. The van der Waals surface area contributed by atoms with Crippen molar-refractivity contribution in [1.82, 2.24) is 9.97 Å². The molecule has 0 radical (unpaired) electrons. The molecule has 156 valence electrons. The summed E-state index contributed by atoms with van der Waals surface area (Å²) < 4.78 is 25.6. The van der Waals surface area contributed by atoms with Crippen molar-refractivity contribution >= 4 is 32.8 Å². The van der Waals surface area contributed by atoms with Crippen LogP contribution in [0.4, 0.5) is 5.82 Å². The van der Waals surface area contributed by atoms with Crippen molar-refractivity contribution < 1.29 is 18.3 Å². The van der Waals surface area contributed by atoms with E-state index in [1.165, 1.54) is 36.1 Å². The molecule has 0 aliphatic heterocycles. The Morgan fingerprint density at radius 3 is 2.67 bits per heavy atom. The van der Waals surface area contributed by atoms with Crippen molar-refractivity contribution in [1.29, 1.82) is 0 Å². The summed E-state index contributed by atoms with van der Waals surface area (Å²) in [6.07, 6.45) is 3.76. The lowest BCUT2D eigenvalue weighted by Gasteiger charge is -2.15. The lowest BCUT2D eigenvalue weighted by atomic mass is 10.1. The lowest BCUT2D eigenvalue weighted by Crippen LogP contribution is -2.20. The Labute approximate surface area is 178 Å². The quantitative estimate of drug-likeness (QED) is 0.563. The molecule has 0 spiro atoms. The summed E-state index contributed by atoms with van der Waals surface area (Å²) >= 11 is 1.07. The Kier molecular flexibility index (Phi) is 5.68. The molecule has 7 nitrogen and oxygen atoms in total. The highest BCUT2D eigenvalue weighted by molar-refractivity contribution is 7.91. The maximum Gasteiger partial charge on any atom is 0.208 e. The average Bonchev–Trinajstić information content (AvgIpc) is 3.36. The fourth-order valence-corrected chi connectivity index (χ4v) is 6.10. The molecule has 2 N–H and O–H groups in total. The SMILES string of the molecule is C[C@@H]1C[C@@H](Nc2ncncc2C(=O)c2cc(S(=O)(=O)c3ccccc3)cs2)C[C@@H]1O. The Bertz CT molecular complexity index is 1150. The topological polar surface area (TPSA) is 109 Å². The van der Waals surface area contributed by atoms with Gasteiger partial charge >= 0.3 is 0 Å². The number of hydrogen-bond acceptors (Lipinski definition) is 8. The number of hydrogen-bond donors (Lipinski definition) is 2. The highest BCUT2D eigenvalue weighted by Crippen LogP contribution is 2.31. The van der Waals surface area contributed by atoms with Gasteiger partial charge in [0.1, 0.15) is 12.1 Å². The van der Waals surface area contributed by atoms with Gasteiger partial charge in [-0.2, -0.15) is 0 Å². The van der Waals surface area contributed by atoms with Crippen LogP contribution in [0.25, 0.3) is 0 Å². The molecule has 3 aromatic rings. The van der Waals surface area contributed by atoms with Gasteiger partial charge in [-0.15, -0.1) is 11.3 Å². The van der Waals surface area contributed by atoms with Crippen LogP contribution in [0.3, 0.4) is 0 Å². The van der Waals surface area contributed by atoms with Gasteiger partial charge in [0.2, 0.25) is 15.6 Å². The highest BCUT2D eigenvalue weighted by atomic mass is 32.2. The van der Waals surface area contributed by atoms with E-state index in [1.54, 1.807) is 18.2 Å². The van der Waals surface area contributed by atoms with Crippen molar-refractivity contribution in [3.05, 3.63) is 64.7 Å². The molecule has 4 rings (SSSR count). The Balaban J connectivity index is 1.59. The summed E-state index contributed by atoms with van der Waals surface area (Å²) in [6.45, 7) is 1.98.